The number of aliphatic hydroxyl groups excluding tert-OH is 1. The molecule has 4 nitrogen and oxygen atoms in total. The highest BCUT2D eigenvalue weighted by molar-refractivity contribution is 5.13. The molecule has 0 amide bonds. The summed E-state index contributed by atoms with van der Waals surface area (Å²) < 4.78 is 17.7. The summed E-state index contributed by atoms with van der Waals surface area (Å²) in [5.41, 5.74) is 0.983. The Hall–Kier alpha value is -0.940. The summed E-state index contributed by atoms with van der Waals surface area (Å²) in [5.74, 6) is 0. The average Bonchev–Trinajstić information content (AvgIpc) is 2.56. The average molecular weight is 322 g/mol. The van der Waals surface area contributed by atoms with E-state index in [4.69, 9.17) is 14.2 Å². The number of rotatable bonds is 9. The Morgan fingerprint density at radius 3 is 2.70 bits per heavy atom. The van der Waals surface area contributed by atoms with Crippen LogP contribution in [-0.4, -0.2) is 37.3 Å². The van der Waals surface area contributed by atoms with Gasteiger partial charge in [0.15, 0.2) is 6.29 Å². The molecule has 23 heavy (non-hydrogen) atoms. The van der Waals surface area contributed by atoms with Crippen molar-refractivity contribution in [2.75, 3.05) is 19.8 Å². The Balaban J connectivity index is 1.84. The van der Waals surface area contributed by atoms with Crippen LogP contribution in [0.1, 0.15) is 45.1 Å². The zero-order chi connectivity index (χ0) is 16.5. The van der Waals surface area contributed by atoms with E-state index in [1.54, 1.807) is 0 Å². The third-order valence-electron chi connectivity index (χ3n) is 4.30. The minimum Gasteiger partial charge on any atom is -0.396 e. The molecule has 1 aromatic rings. The predicted molar refractivity (Wildman–Crippen MR) is 90.0 cm³/mol. The highest BCUT2D eigenvalue weighted by Crippen LogP contribution is 2.29. The van der Waals surface area contributed by atoms with E-state index in [1.165, 1.54) is 5.56 Å². The van der Waals surface area contributed by atoms with Gasteiger partial charge in [-0.3, -0.25) is 0 Å². The summed E-state index contributed by atoms with van der Waals surface area (Å²) in [4.78, 5) is 0. The first-order valence-electron chi connectivity index (χ1n) is 8.61. The topological polar surface area (TPSA) is 47.9 Å². The molecule has 1 unspecified atom stereocenters. The Bertz CT molecular complexity index is 426. The summed E-state index contributed by atoms with van der Waals surface area (Å²) in [5, 5.41) is 9.37. The van der Waals surface area contributed by atoms with Crippen LogP contribution in [-0.2, 0) is 20.8 Å². The van der Waals surface area contributed by atoms with E-state index >= 15 is 0 Å². The van der Waals surface area contributed by atoms with Gasteiger partial charge in [0.05, 0.1) is 19.3 Å². The molecule has 0 radical (unpaired) electrons. The van der Waals surface area contributed by atoms with Gasteiger partial charge < -0.3 is 19.3 Å². The van der Waals surface area contributed by atoms with Gasteiger partial charge >= 0.3 is 0 Å². The minimum atomic E-state index is -0.182. The van der Waals surface area contributed by atoms with E-state index < -0.39 is 0 Å². The SMILES string of the molecule is CC(C)(COCc1ccccc1)[C@H](CCO)OC1CCCCO1. The zero-order valence-corrected chi connectivity index (χ0v) is 14.4. The van der Waals surface area contributed by atoms with Crippen LogP contribution in [0.25, 0.3) is 0 Å². The minimum absolute atomic E-state index is 0.0774. The van der Waals surface area contributed by atoms with Gasteiger partial charge in [0.1, 0.15) is 0 Å². The lowest BCUT2D eigenvalue weighted by atomic mass is 9.85. The van der Waals surface area contributed by atoms with Crippen LogP contribution in [0.15, 0.2) is 30.3 Å². The van der Waals surface area contributed by atoms with E-state index in [0.717, 1.165) is 25.9 Å². The number of aliphatic hydroxyl groups is 1. The Morgan fingerprint density at radius 2 is 2.04 bits per heavy atom. The second kappa shape index (κ2) is 9.38. The molecule has 1 heterocycles. The molecule has 1 aliphatic heterocycles. The summed E-state index contributed by atoms with van der Waals surface area (Å²) in [7, 11) is 0. The van der Waals surface area contributed by atoms with Gasteiger partial charge in [-0.25, -0.2) is 0 Å². The molecule has 0 bridgehead atoms. The standard InChI is InChI=1S/C19H30O4/c1-19(2,15-21-14-16-8-4-3-5-9-16)17(11-12-20)23-18-10-6-7-13-22-18/h3-5,8-9,17-18,20H,6-7,10-15H2,1-2H3/t17-,18?/m0/s1. The highest BCUT2D eigenvalue weighted by atomic mass is 16.7. The molecule has 1 aromatic carbocycles. The Labute approximate surface area is 139 Å². The maximum Gasteiger partial charge on any atom is 0.157 e. The van der Waals surface area contributed by atoms with E-state index in [9.17, 15) is 5.11 Å². The van der Waals surface area contributed by atoms with Gasteiger partial charge in [0.25, 0.3) is 0 Å². The van der Waals surface area contributed by atoms with Crippen molar-refractivity contribution in [2.45, 2.75) is 58.5 Å². The van der Waals surface area contributed by atoms with Crippen LogP contribution < -0.4 is 0 Å². The molecular formula is C19H30O4. The molecule has 2 atom stereocenters. The molecular weight excluding hydrogens is 292 g/mol. The fraction of sp³-hybridized carbons (Fsp3) is 0.684. The van der Waals surface area contributed by atoms with Gasteiger partial charge in [-0.1, -0.05) is 44.2 Å². The van der Waals surface area contributed by atoms with Gasteiger partial charge in [-0.05, 0) is 31.2 Å². The molecule has 1 fully saturated rings. The van der Waals surface area contributed by atoms with E-state index in [-0.39, 0.29) is 24.4 Å². The molecule has 0 aromatic heterocycles. The van der Waals surface area contributed by atoms with E-state index in [1.807, 2.05) is 18.2 Å². The third-order valence-corrected chi connectivity index (χ3v) is 4.30. The summed E-state index contributed by atoms with van der Waals surface area (Å²) in [6.07, 6.45) is 3.56. The zero-order valence-electron chi connectivity index (χ0n) is 14.4. The van der Waals surface area contributed by atoms with Crippen molar-refractivity contribution in [3.63, 3.8) is 0 Å². The monoisotopic (exact) mass is 322 g/mol. The van der Waals surface area contributed by atoms with Crippen molar-refractivity contribution in [1.82, 2.24) is 0 Å². The van der Waals surface area contributed by atoms with Gasteiger partial charge in [0, 0.05) is 18.6 Å². The first-order chi connectivity index (χ1) is 11.1. The van der Waals surface area contributed by atoms with Gasteiger partial charge in [-0.15, -0.1) is 0 Å². The summed E-state index contributed by atoms with van der Waals surface area (Å²) in [6, 6.07) is 10.2. The summed E-state index contributed by atoms with van der Waals surface area (Å²) >= 11 is 0. The van der Waals surface area contributed by atoms with Crippen LogP contribution in [0.3, 0.4) is 0 Å². The molecule has 2 rings (SSSR count). The van der Waals surface area contributed by atoms with Crippen LogP contribution in [0.4, 0.5) is 0 Å². The highest BCUT2D eigenvalue weighted by Gasteiger charge is 2.33. The molecule has 0 saturated carbocycles. The van der Waals surface area contributed by atoms with Crippen molar-refractivity contribution in [3.8, 4) is 0 Å². The number of hydrogen-bond donors (Lipinski definition) is 1. The van der Waals surface area contributed by atoms with E-state index in [2.05, 4.69) is 26.0 Å². The van der Waals surface area contributed by atoms with Gasteiger partial charge in [0.2, 0.25) is 0 Å². The fourth-order valence-corrected chi connectivity index (χ4v) is 2.86. The Kier molecular flexibility index (Phi) is 7.50. The predicted octanol–water partition coefficient (Wildman–Crippen LogP) is 3.52. The van der Waals surface area contributed by atoms with Gasteiger partial charge in [-0.2, -0.15) is 0 Å². The van der Waals surface area contributed by atoms with E-state index in [0.29, 0.717) is 19.6 Å². The first-order valence-corrected chi connectivity index (χ1v) is 8.61. The smallest absolute Gasteiger partial charge is 0.157 e. The quantitative estimate of drug-likeness (QED) is 0.755. The molecule has 0 aliphatic carbocycles. The molecule has 1 saturated heterocycles. The van der Waals surface area contributed by atoms with Crippen LogP contribution in [0.2, 0.25) is 0 Å². The Morgan fingerprint density at radius 1 is 1.26 bits per heavy atom. The lowest BCUT2D eigenvalue weighted by Crippen LogP contribution is -2.40. The van der Waals surface area contributed by atoms with Crippen molar-refractivity contribution >= 4 is 0 Å². The molecule has 1 N–H and O–H groups in total. The summed E-state index contributed by atoms with van der Waals surface area (Å²) in [6.45, 7) is 6.30. The van der Waals surface area contributed by atoms with Crippen molar-refractivity contribution < 1.29 is 19.3 Å². The number of benzene rings is 1. The number of hydrogen-bond acceptors (Lipinski definition) is 4. The third kappa shape index (κ3) is 6.22. The van der Waals surface area contributed by atoms with Crippen LogP contribution >= 0.6 is 0 Å². The maximum atomic E-state index is 9.37. The fourth-order valence-electron chi connectivity index (χ4n) is 2.86. The lowest BCUT2D eigenvalue weighted by molar-refractivity contribution is -0.217. The second-order valence-corrected chi connectivity index (χ2v) is 6.90. The molecule has 0 spiro atoms. The van der Waals surface area contributed by atoms with Crippen LogP contribution in [0.5, 0.6) is 0 Å². The molecule has 130 valence electrons. The molecule has 4 heteroatoms. The van der Waals surface area contributed by atoms with Crippen molar-refractivity contribution in [3.05, 3.63) is 35.9 Å². The van der Waals surface area contributed by atoms with Crippen molar-refractivity contribution in [2.24, 2.45) is 5.41 Å². The second-order valence-electron chi connectivity index (χ2n) is 6.90. The maximum absolute atomic E-state index is 9.37. The normalized spacial score (nSPS) is 20.4. The van der Waals surface area contributed by atoms with Crippen molar-refractivity contribution in [1.29, 1.82) is 0 Å². The lowest BCUT2D eigenvalue weighted by Gasteiger charge is -2.37. The first kappa shape index (κ1) is 18.4. The number of ether oxygens (including phenoxy) is 3. The van der Waals surface area contributed by atoms with Crippen LogP contribution in [0, 0.1) is 5.41 Å². The molecule has 1 aliphatic rings. The largest absolute Gasteiger partial charge is 0.396 e.